The Hall–Kier alpha value is -1.38. The molecule has 3 nitrogen and oxygen atoms in total. The van der Waals surface area contributed by atoms with E-state index in [0.29, 0.717) is 11.5 Å². The van der Waals surface area contributed by atoms with Gasteiger partial charge in [0, 0.05) is 5.69 Å². The minimum absolute atomic E-state index is 0.198. The summed E-state index contributed by atoms with van der Waals surface area (Å²) < 4.78 is 0. The van der Waals surface area contributed by atoms with Crippen LogP contribution in [-0.4, -0.2) is 10.9 Å². The van der Waals surface area contributed by atoms with Gasteiger partial charge in [-0.25, -0.2) is 0 Å². The monoisotopic (exact) mass is 248 g/mol. The molecule has 0 atom stereocenters. The molecular formula is C15H24N2O. The van der Waals surface area contributed by atoms with Crippen LogP contribution in [-0.2, 0) is 0 Å². The number of primary amides is 1. The van der Waals surface area contributed by atoms with Crippen molar-refractivity contribution in [2.45, 2.75) is 59.3 Å². The molecule has 0 unspecified atom stereocenters. The molecule has 1 amide bonds. The molecule has 0 aliphatic carbocycles. The average molecular weight is 248 g/mol. The second-order valence-electron chi connectivity index (χ2n) is 5.72. The topological polar surface area (TPSA) is 56.0 Å². The summed E-state index contributed by atoms with van der Waals surface area (Å²) >= 11 is 0. The second kappa shape index (κ2) is 5.51. The molecule has 0 saturated carbocycles. The number of carbonyl (C=O) groups excluding carboxylic acids is 1. The molecule has 100 valence electrons. The first-order valence-corrected chi connectivity index (χ1v) is 6.60. The van der Waals surface area contributed by atoms with E-state index < -0.39 is 0 Å². The van der Waals surface area contributed by atoms with Crippen LogP contribution < -0.4 is 5.73 Å². The first kappa shape index (κ1) is 14.7. The summed E-state index contributed by atoms with van der Waals surface area (Å²) in [4.78, 5) is 16.4. The summed E-state index contributed by atoms with van der Waals surface area (Å²) in [6.07, 6.45) is 0. The first-order chi connectivity index (χ1) is 8.25. The van der Waals surface area contributed by atoms with Gasteiger partial charge in [-0.2, -0.15) is 0 Å². The molecule has 0 bridgehead atoms. The highest BCUT2D eigenvalue weighted by molar-refractivity contribution is 5.95. The minimum Gasteiger partial charge on any atom is -0.366 e. The van der Waals surface area contributed by atoms with E-state index in [2.05, 4.69) is 32.7 Å². The molecule has 0 fully saturated rings. The molecule has 0 aromatic carbocycles. The number of pyridine rings is 1. The van der Waals surface area contributed by atoms with E-state index in [1.807, 2.05) is 19.9 Å². The van der Waals surface area contributed by atoms with Crippen molar-refractivity contribution in [1.29, 1.82) is 0 Å². The van der Waals surface area contributed by atoms with Crippen molar-refractivity contribution in [1.82, 2.24) is 4.98 Å². The van der Waals surface area contributed by atoms with Crippen LogP contribution in [0.15, 0.2) is 6.07 Å². The number of hydrogen-bond donors (Lipinski definition) is 1. The van der Waals surface area contributed by atoms with E-state index in [9.17, 15) is 4.79 Å². The number of aromatic nitrogens is 1. The maximum absolute atomic E-state index is 11.7. The van der Waals surface area contributed by atoms with Crippen molar-refractivity contribution >= 4 is 5.91 Å². The van der Waals surface area contributed by atoms with Gasteiger partial charge < -0.3 is 5.73 Å². The number of hydrogen-bond acceptors (Lipinski definition) is 2. The minimum atomic E-state index is -0.370. The lowest BCUT2D eigenvalue weighted by Crippen LogP contribution is -2.20. The molecule has 1 heterocycles. The molecule has 2 N–H and O–H groups in total. The van der Waals surface area contributed by atoms with Crippen LogP contribution in [0.2, 0.25) is 0 Å². The van der Waals surface area contributed by atoms with Gasteiger partial charge in [-0.3, -0.25) is 9.78 Å². The number of carbonyl (C=O) groups is 1. The third-order valence-corrected chi connectivity index (χ3v) is 3.10. The Morgan fingerprint density at radius 2 is 1.61 bits per heavy atom. The fraction of sp³-hybridized carbons (Fsp3) is 0.600. The largest absolute Gasteiger partial charge is 0.366 e. The first-order valence-electron chi connectivity index (χ1n) is 6.60. The van der Waals surface area contributed by atoms with E-state index >= 15 is 0 Å². The quantitative estimate of drug-likeness (QED) is 0.885. The number of nitrogens with two attached hydrogens (primary N) is 1. The Labute approximate surface area is 110 Å². The normalized spacial score (nSPS) is 11.6. The van der Waals surface area contributed by atoms with Crippen LogP contribution >= 0.6 is 0 Å². The van der Waals surface area contributed by atoms with Gasteiger partial charge in [-0.15, -0.1) is 0 Å². The zero-order valence-electron chi connectivity index (χ0n) is 12.2. The van der Waals surface area contributed by atoms with E-state index in [4.69, 9.17) is 5.73 Å². The summed E-state index contributed by atoms with van der Waals surface area (Å²) in [5.41, 5.74) is 9.04. The summed E-state index contributed by atoms with van der Waals surface area (Å²) in [7, 11) is 0. The summed E-state index contributed by atoms with van der Waals surface area (Å²) in [6, 6.07) is 2.03. The SMILES string of the molecule is CC(C)c1cc(C(C)C)c(C(N)=O)c(C(C)C)n1. The van der Waals surface area contributed by atoms with Crippen molar-refractivity contribution in [2.24, 2.45) is 5.73 Å². The Morgan fingerprint density at radius 3 is 1.94 bits per heavy atom. The van der Waals surface area contributed by atoms with Crippen LogP contribution in [0.5, 0.6) is 0 Å². The van der Waals surface area contributed by atoms with Crippen molar-refractivity contribution in [3.05, 3.63) is 28.6 Å². The lowest BCUT2D eigenvalue weighted by atomic mass is 9.90. The Kier molecular flexibility index (Phi) is 4.49. The van der Waals surface area contributed by atoms with Crippen molar-refractivity contribution in [3.8, 4) is 0 Å². The van der Waals surface area contributed by atoms with Gasteiger partial charge in [-0.1, -0.05) is 41.5 Å². The summed E-state index contributed by atoms with van der Waals surface area (Å²) in [6.45, 7) is 12.5. The third-order valence-electron chi connectivity index (χ3n) is 3.10. The number of nitrogens with zero attached hydrogens (tertiary/aromatic N) is 1. The van der Waals surface area contributed by atoms with Crippen molar-refractivity contribution in [2.75, 3.05) is 0 Å². The molecule has 0 saturated heterocycles. The number of rotatable bonds is 4. The second-order valence-corrected chi connectivity index (χ2v) is 5.72. The van der Waals surface area contributed by atoms with Gasteiger partial charge in [-0.05, 0) is 29.4 Å². The standard InChI is InChI=1S/C15H24N2O/c1-8(2)11-7-12(9(3)4)17-14(10(5)6)13(11)15(16)18/h7-10H,1-6H3,(H2,16,18). The van der Waals surface area contributed by atoms with Crippen molar-refractivity contribution < 1.29 is 4.79 Å². The van der Waals surface area contributed by atoms with Crippen LogP contribution in [0.4, 0.5) is 0 Å². The van der Waals surface area contributed by atoms with Gasteiger partial charge in [0.15, 0.2) is 0 Å². The van der Waals surface area contributed by atoms with Gasteiger partial charge in [0.2, 0.25) is 0 Å². The third kappa shape index (κ3) is 2.89. The fourth-order valence-corrected chi connectivity index (χ4v) is 2.04. The molecule has 3 heteroatoms. The molecule has 1 aromatic heterocycles. The van der Waals surface area contributed by atoms with Gasteiger partial charge >= 0.3 is 0 Å². The van der Waals surface area contributed by atoms with Crippen LogP contribution in [0.3, 0.4) is 0 Å². The molecule has 1 aromatic rings. The smallest absolute Gasteiger partial charge is 0.250 e. The van der Waals surface area contributed by atoms with Gasteiger partial charge in [0.05, 0.1) is 11.3 Å². The van der Waals surface area contributed by atoms with Crippen molar-refractivity contribution in [3.63, 3.8) is 0 Å². The van der Waals surface area contributed by atoms with E-state index in [1.165, 1.54) is 0 Å². The molecule has 18 heavy (non-hydrogen) atoms. The molecule has 0 spiro atoms. The molecular weight excluding hydrogens is 224 g/mol. The highest BCUT2D eigenvalue weighted by atomic mass is 16.1. The summed E-state index contributed by atoms with van der Waals surface area (Å²) in [5.74, 6) is 0.446. The predicted octanol–water partition coefficient (Wildman–Crippen LogP) is 3.55. The molecule has 1 rings (SSSR count). The van der Waals surface area contributed by atoms with E-state index in [0.717, 1.165) is 17.0 Å². The van der Waals surface area contributed by atoms with E-state index in [-0.39, 0.29) is 17.7 Å². The lowest BCUT2D eigenvalue weighted by molar-refractivity contribution is 0.0997. The van der Waals surface area contributed by atoms with Gasteiger partial charge in [0.25, 0.3) is 5.91 Å². The lowest BCUT2D eigenvalue weighted by Gasteiger charge is -2.19. The maximum Gasteiger partial charge on any atom is 0.250 e. The Balaban J connectivity index is 3.60. The highest BCUT2D eigenvalue weighted by Gasteiger charge is 2.21. The Morgan fingerprint density at radius 1 is 1.06 bits per heavy atom. The maximum atomic E-state index is 11.7. The van der Waals surface area contributed by atoms with Gasteiger partial charge in [0.1, 0.15) is 0 Å². The fourth-order valence-electron chi connectivity index (χ4n) is 2.04. The molecule has 0 radical (unpaired) electrons. The highest BCUT2D eigenvalue weighted by Crippen LogP contribution is 2.29. The van der Waals surface area contributed by atoms with Crippen LogP contribution in [0.25, 0.3) is 0 Å². The summed E-state index contributed by atoms with van der Waals surface area (Å²) in [5, 5.41) is 0. The predicted molar refractivity (Wildman–Crippen MR) is 75.0 cm³/mol. The average Bonchev–Trinajstić information content (AvgIpc) is 2.26. The molecule has 0 aliphatic heterocycles. The van der Waals surface area contributed by atoms with Crippen LogP contribution in [0, 0.1) is 0 Å². The number of amides is 1. The Bertz CT molecular complexity index is 419. The zero-order chi connectivity index (χ0) is 14.0. The molecule has 0 aliphatic rings. The van der Waals surface area contributed by atoms with Crippen LogP contribution in [0.1, 0.15) is 86.6 Å². The van der Waals surface area contributed by atoms with E-state index in [1.54, 1.807) is 0 Å². The zero-order valence-corrected chi connectivity index (χ0v) is 12.2.